The van der Waals surface area contributed by atoms with Gasteiger partial charge in [0.15, 0.2) is 0 Å². The number of ketones is 1. The van der Waals surface area contributed by atoms with Gasteiger partial charge < -0.3 is 19.2 Å². The first-order chi connectivity index (χ1) is 22.9. The van der Waals surface area contributed by atoms with Gasteiger partial charge in [0.1, 0.15) is 22.8 Å². The zero-order chi connectivity index (χ0) is 33.9. The quantitative estimate of drug-likeness (QED) is 0.126. The number of aryl methyl sites for hydroxylation is 1. The van der Waals surface area contributed by atoms with Gasteiger partial charge in [-0.25, -0.2) is 13.8 Å². The number of alkyl halides is 3. The Balaban J connectivity index is 1.28. The van der Waals surface area contributed by atoms with Gasteiger partial charge in [-0.05, 0) is 68.2 Å². The number of halogens is 5. The molecule has 7 rings (SSSR count). The van der Waals surface area contributed by atoms with E-state index in [1.807, 2.05) is 0 Å². The molecule has 0 aliphatic carbocycles. The SMILES string of the molecule is CN1CCc2cc(C(=O)c3cc(F)c(NC(=O)/C=C/CN4CCCC4)c(F)c3)n3cccc(c23)-c2c(C(F)(F)F)cc3c(ncn3C)c21. The zero-order valence-electron chi connectivity index (χ0n) is 26.2. The van der Waals surface area contributed by atoms with Crippen molar-refractivity contribution in [2.75, 3.05) is 43.4 Å². The molecule has 1 N–H and O–H groups in total. The second-order valence-electron chi connectivity index (χ2n) is 12.3. The average molecular weight is 663 g/mol. The van der Waals surface area contributed by atoms with E-state index in [1.54, 1.807) is 48.0 Å². The summed E-state index contributed by atoms with van der Waals surface area (Å²) in [4.78, 5) is 34.6. The lowest BCUT2D eigenvalue weighted by Crippen LogP contribution is -2.24. The van der Waals surface area contributed by atoms with Crippen molar-refractivity contribution >= 4 is 39.6 Å². The van der Waals surface area contributed by atoms with Gasteiger partial charge in [0.05, 0.1) is 34.3 Å². The number of likely N-dealkylation sites (tertiary alicyclic amines) is 1. The molecule has 0 atom stereocenters. The van der Waals surface area contributed by atoms with Crippen LogP contribution in [-0.2, 0) is 24.4 Å². The molecular formula is C35H31F5N6O2. The highest BCUT2D eigenvalue weighted by Gasteiger charge is 2.39. The van der Waals surface area contributed by atoms with Crippen molar-refractivity contribution in [3.8, 4) is 11.1 Å². The molecule has 8 nitrogen and oxygen atoms in total. The number of nitrogens with one attached hydrogen (secondary N) is 1. The van der Waals surface area contributed by atoms with Crippen LogP contribution in [0.2, 0.25) is 0 Å². The molecule has 1 saturated heterocycles. The highest BCUT2D eigenvalue weighted by Crippen LogP contribution is 2.48. The van der Waals surface area contributed by atoms with E-state index in [2.05, 4.69) is 15.2 Å². The van der Waals surface area contributed by atoms with Crippen LogP contribution >= 0.6 is 0 Å². The Morgan fingerprint density at radius 3 is 2.46 bits per heavy atom. The molecule has 48 heavy (non-hydrogen) atoms. The number of carbonyl (C=O) groups is 2. The number of fused-ring (bicyclic) bond motifs is 4. The van der Waals surface area contributed by atoms with Crippen molar-refractivity contribution in [3.63, 3.8) is 0 Å². The first kappa shape index (κ1) is 31.6. The van der Waals surface area contributed by atoms with E-state index < -0.39 is 40.8 Å². The third kappa shape index (κ3) is 5.41. The lowest BCUT2D eigenvalue weighted by molar-refractivity contribution is -0.137. The molecule has 1 fully saturated rings. The van der Waals surface area contributed by atoms with Crippen molar-refractivity contribution in [3.05, 3.63) is 95.1 Å². The number of amides is 1. The van der Waals surface area contributed by atoms with Crippen LogP contribution in [0.4, 0.5) is 33.3 Å². The predicted molar refractivity (Wildman–Crippen MR) is 172 cm³/mol. The summed E-state index contributed by atoms with van der Waals surface area (Å²) in [6.45, 7) is 2.72. The summed E-state index contributed by atoms with van der Waals surface area (Å²) in [6, 6.07) is 7.45. The second kappa shape index (κ2) is 11.9. The number of hydrogen-bond donors (Lipinski definition) is 1. The van der Waals surface area contributed by atoms with Crippen molar-refractivity contribution in [1.29, 1.82) is 0 Å². The largest absolute Gasteiger partial charge is 0.417 e. The number of likely N-dealkylation sites (N-methyl/N-ethyl adjacent to an activating group) is 1. The Labute approximate surface area is 272 Å². The molecule has 0 radical (unpaired) electrons. The Morgan fingerprint density at radius 1 is 1.02 bits per heavy atom. The van der Waals surface area contributed by atoms with Crippen LogP contribution in [-0.4, -0.2) is 63.8 Å². The summed E-state index contributed by atoms with van der Waals surface area (Å²) in [7, 11) is 3.34. The fourth-order valence-electron chi connectivity index (χ4n) is 6.83. The van der Waals surface area contributed by atoms with Crippen LogP contribution in [0, 0.1) is 11.6 Å². The number of carbonyl (C=O) groups excluding carboxylic acids is 2. The maximum atomic E-state index is 15.2. The van der Waals surface area contributed by atoms with E-state index in [1.165, 1.54) is 22.9 Å². The number of aromatic nitrogens is 3. The summed E-state index contributed by atoms with van der Waals surface area (Å²) in [6.07, 6.45) is 3.69. The Hall–Kier alpha value is -5.04. The fourth-order valence-corrected chi connectivity index (χ4v) is 6.83. The predicted octanol–water partition coefficient (Wildman–Crippen LogP) is 6.60. The Morgan fingerprint density at radius 2 is 1.75 bits per heavy atom. The topological polar surface area (TPSA) is 74.9 Å². The number of imidazole rings is 1. The van der Waals surface area contributed by atoms with Crippen molar-refractivity contribution in [2.45, 2.75) is 25.4 Å². The maximum Gasteiger partial charge on any atom is 0.417 e. The van der Waals surface area contributed by atoms with Crippen LogP contribution in [0.25, 0.3) is 27.7 Å². The summed E-state index contributed by atoms with van der Waals surface area (Å²) >= 11 is 0. The van der Waals surface area contributed by atoms with E-state index in [0.717, 1.165) is 44.1 Å². The number of rotatable bonds is 6. The number of pyridine rings is 1. The normalized spacial score (nSPS) is 15.4. The van der Waals surface area contributed by atoms with Gasteiger partial charge >= 0.3 is 6.18 Å². The first-order valence-corrected chi connectivity index (χ1v) is 15.6. The third-order valence-corrected chi connectivity index (χ3v) is 9.15. The average Bonchev–Trinajstić information content (AvgIpc) is 3.78. The smallest absolute Gasteiger partial charge is 0.372 e. The minimum Gasteiger partial charge on any atom is -0.372 e. The minimum atomic E-state index is -4.71. The molecule has 3 aromatic heterocycles. The Kier molecular flexibility index (Phi) is 7.81. The molecule has 0 bridgehead atoms. The van der Waals surface area contributed by atoms with Gasteiger partial charge in [-0.15, -0.1) is 0 Å². The molecule has 0 unspecified atom stereocenters. The van der Waals surface area contributed by atoms with Crippen LogP contribution < -0.4 is 10.2 Å². The number of nitrogens with zero attached hydrogens (tertiary/aromatic N) is 5. The molecule has 0 spiro atoms. The molecule has 5 heterocycles. The number of anilines is 2. The van der Waals surface area contributed by atoms with Crippen molar-refractivity contribution in [2.24, 2.45) is 7.05 Å². The summed E-state index contributed by atoms with van der Waals surface area (Å²) in [5, 5.41) is 2.21. The van der Waals surface area contributed by atoms with Crippen molar-refractivity contribution < 1.29 is 31.5 Å². The van der Waals surface area contributed by atoms with Gasteiger partial charge in [0, 0.05) is 56.1 Å². The summed E-state index contributed by atoms with van der Waals surface area (Å²) in [5.74, 6) is -3.72. The van der Waals surface area contributed by atoms with E-state index in [9.17, 15) is 22.8 Å². The van der Waals surface area contributed by atoms with E-state index in [-0.39, 0.29) is 22.4 Å². The molecule has 0 saturated carbocycles. The van der Waals surface area contributed by atoms with E-state index in [0.29, 0.717) is 47.3 Å². The lowest BCUT2D eigenvalue weighted by Gasteiger charge is -2.28. The molecule has 2 aliphatic rings. The van der Waals surface area contributed by atoms with Crippen molar-refractivity contribution in [1.82, 2.24) is 18.9 Å². The van der Waals surface area contributed by atoms with Crippen LogP contribution in [0.1, 0.15) is 40.0 Å². The van der Waals surface area contributed by atoms with Crippen LogP contribution in [0.15, 0.2) is 61.1 Å². The first-order valence-electron chi connectivity index (χ1n) is 15.6. The van der Waals surface area contributed by atoms with Gasteiger partial charge in [-0.1, -0.05) is 12.1 Å². The minimum absolute atomic E-state index is 0.0286. The zero-order valence-corrected chi connectivity index (χ0v) is 26.2. The fraction of sp³-hybridized carbons (Fsp3) is 0.286. The molecule has 248 valence electrons. The molecular weight excluding hydrogens is 631 g/mol. The maximum absolute atomic E-state index is 15.2. The third-order valence-electron chi connectivity index (χ3n) is 9.15. The van der Waals surface area contributed by atoms with Gasteiger partial charge in [0.2, 0.25) is 11.7 Å². The molecule has 2 aromatic carbocycles. The Bertz CT molecular complexity index is 2120. The standard InChI is InChI=1S/C35H31F5N6O2/c1-43-14-9-20-17-27(34(48)21-15-24(36)30(25(37)16-21)42-28(47)8-6-12-45-10-3-4-11-45)46-13-5-7-22(32(20)46)29-23(35(38,39)40)18-26-31(33(29)43)41-19-44(26)2/h5-8,13,15-19H,3-4,9-12,14H2,1-2H3,(H,42,47)/b8-6+. The molecule has 2 aliphatic heterocycles. The highest BCUT2D eigenvalue weighted by molar-refractivity contribution is 6.11. The highest BCUT2D eigenvalue weighted by atomic mass is 19.4. The molecule has 13 heteroatoms. The summed E-state index contributed by atoms with van der Waals surface area (Å²) < 4.78 is 77.6. The van der Waals surface area contributed by atoms with Gasteiger partial charge in [-0.2, -0.15) is 13.2 Å². The summed E-state index contributed by atoms with van der Waals surface area (Å²) in [5.41, 5.74) is 0.425. The number of benzene rings is 2. The van der Waals surface area contributed by atoms with E-state index >= 15 is 8.78 Å². The number of hydrogen-bond acceptors (Lipinski definition) is 5. The van der Waals surface area contributed by atoms with Gasteiger partial charge in [0.25, 0.3) is 0 Å². The lowest BCUT2D eigenvalue weighted by atomic mass is 9.92. The van der Waals surface area contributed by atoms with Crippen LogP contribution in [0.5, 0.6) is 0 Å². The molecule has 1 amide bonds. The molecule has 5 aromatic rings. The monoisotopic (exact) mass is 662 g/mol. The van der Waals surface area contributed by atoms with Crippen LogP contribution in [0.3, 0.4) is 0 Å². The second-order valence-corrected chi connectivity index (χ2v) is 12.3. The van der Waals surface area contributed by atoms with E-state index in [4.69, 9.17) is 0 Å². The van der Waals surface area contributed by atoms with Gasteiger partial charge in [-0.3, -0.25) is 14.5 Å².